The molecule has 0 saturated heterocycles. The number of carbonyl (C=O) groups is 1. The van der Waals surface area contributed by atoms with E-state index >= 15 is 0 Å². The molecule has 0 heterocycles. The SMILES string of the molecule is CCCCCCCCCCCCCCCCCCCCCCCCC/C=C/CC/C=C/C(O)C(CO)NC(=O)CCCC. The molecule has 0 spiro atoms. The summed E-state index contributed by atoms with van der Waals surface area (Å²) in [6.45, 7) is 4.07. The zero-order valence-electron chi connectivity index (χ0n) is 29.0. The van der Waals surface area contributed by atoms with Gasteiger partial charge in [0, 0.05) is 6.42 Å². The predicted octanol–water partition coefficient (Wildman–Crippen LogP) is 11.3. The topological polar surface area (TPSA) is 69.6 Å². The molecule has 3 N–H and O–H groups in total. The van der Waals surface area contributed by atoms with Crippen molar-refractivity contribution in [2.45, 2.75) is 212 Å². The highest BCUT2D eigenvalue weighted by Gasteiger charge is 2.17. The maximum atomic E-state index is 11.8. The largest absolute Gasteiger partial charge is 0.394 e. The van der Waals surface area contributed by atoms with Crippen molar-refractivity contribution in [2.75, 3.05) is 6.61 Å². The zero-order chi connectivity index (χ0) is 31.5. The molecule has 0 rings (SSSR count). The van der Waals surface area contributed by atoms with Gasteiger partial charge in [-0.05, 0) is 32.1 Å². The van der Waals surface area contributed by atoms with Crippen molar-refractivity contribution < 1.29 is 15.0 Å². The van der Waals surface area contributed by atoms with Crippen LogP contribution in [0, 0.1) is 0 Å². The van der Waals surface area contributed by atoms with Crippen LogP contribution in [0.25, 0.3) is 0 Å². The summed E-state index contributed by atoms with van der Waals surface area (Å²) in [5, 5.41) is 22.4. The lowest BCUT2D eigenvalue weighted by Gasteiger charge is -2.19. The molecule has 0 radical (unpaired) electrons. The quantitative estimate of drug-likeness (QED) is 0.0505. The van der Waals surface area contributed by atoms with Crippen molar-refractivity contribution in [3.8, 4) is 0 Å². The fourth-order valence-corrected chi connectivity index (χ4v) is 5.70. The first-order chi connectivity index (χ1) is 21.2. The Labute approximate surface area is 269 Å². The molecule has 2 unspecified atom stereocenters. The van der Waals surface area contributed by atoms with Crippen molar-refractivity contribution >= 4 is 5.91 Å². The minimum absolute atomic E-state index is 0.109. The van der Waals surface area contributed by atoms with Crippen LogP contribution in [0.1, 0.15) is 200 Å². The van der Waals surface area contributed by atoms with E-state index in [4.69, 9.17) is 0 Å². The zero-order valence-corrected chi connectivity index (χ0v) is 29.0. The summed E-state index contributed by atoms with van der Waals surface area (Å²) in [4.78, 5) is 11.8. The van der Waals surface area contributed by atoms with Crippen LogP contribution in [0.4, 0.5) is 0 Å². The fourth-order valence-electron chi connectivity index (χ4n) is 5.70. The molecule has 0 aliphatic heterocycles. The van der Waals surface area contributed by atoms with Crippen LogP contribution in [0.5, 0.6) is 0 Å². The lowest BCUT2D eigenvalue weighted by atomic mass is 10.0. The number of rotatable bonds is 34. The number of hydrogen-bond donors (Lipinski definition) is 3. The molecule has 4 nitrogen and oxygen atoms in total. The van der Waals surface area contributed by atoms with Gasteiger partial charge in [-0.15, -0.1) is 0 Å². The molecule has 4 heteroatoms. The standard InChI is InChI=1S/C39H75NO3/c1-3-5-7-8-9-10-11-12-13-14-15-16-17-18-19-20-21-22-23-24-25-26-27-28-29-30-31-32-33-34-38(42)37(36-41)40-39(43)35-6-4-2/h29-30,33-34,37-38,41-42H,3-28,31-32,35-36H2,1-2H3,(H,40,43)/b30-29+,34-33+. The smallest absolute Gasteiger partial charge is 0.220 e. The summed E-state index contributed by atoms with van der Waals surface area (Å²) in [7, 11) is 0. The third kappa shape index (κ3) is 32.1. The molecular formula is C39H75NO3. The number of allylic oxidation sites excluding steroid dienone is 3. The Morgan fingerprint density at radius 3 is 1.33 bits per heavy atom. The Morgan fingerprint density at radius 2 is 0.907 bits per heavy atom. The van der Waals surface area contributed by atoms with Crippen LogP contribution in [0.3, 0.4) is 0 Å². The number of aliphatic hydroxyl groups excluding tert-OH is 2. The third-order valence-electron chi connectivity index (χ3n) is 8.69. The van der Waals surface area contributed by atoms with Crippen molar-refractivity contribution in [3.63, 3.8) is 0 Å². The van der Waals surface area contributed by atoms with E-state index in [1.165, 1.54) is 148 Å². The van der Waals surface area contributed by atoms with Crippen molar-refractivity contribution in [2.24, 2.45) is 0 Å². The van der Waals surface area contributed by atoms with E-state index in [9.17, 15) is 15.0 Å². The highest BCUT2D eigenvalue weighted by atomic mass is 16.3. The van der Waals surface area contributed by atoms with Gasteiger partial charge < -0.3 is 15.5 Å². The average Bonchev–Trinajstić information content (AvgIpc) is 3.01. The second-order valence-corrected chi connectivity index (χ2v) is 13.0. The van der Waals surface area contributed by atoms with Gasteiger partial charge in [0.05, 0.1) is 18.8 Å². The van der Waals surface area contributed by atoms with E-state index in [2.05, 4.69) is 24.4 Å². The Bertz CT molecular complexity index is 618. The van der Waals surface area contributed by atoms with Gasteiger partial charge >= 0.3 is 0 Å². The summed E-state index contributed by atoms with van der Waals surface area (Å²) in [6, 6.07) is -0.630. The van der Waals surface area contributed by atoms with Gasteiger partial charge in [0.25, 0.3) is 0 Å². The Kier molecular flexibility index (Phi) is 34.4. The molecule has 0 aromatic heterocycles. The molecule has 0 aromatic carbocycles. The molecule has 2 atom stereocenters. The molecular weight excluding hydrogens is 530 g/mol. The lowest BCUT2D eigenvalue weighted by molar-refractivity contribution is -0.123. The number of unbranched alkanes of at least 4 members (excludes halogenated alkanes) is 25. The van der Waals surface area contributed by atoms with Crippen molar-refractivity contribution in [3.05, 3.63) is 24.3 Å². The fraction of sp³-hybridized carbons (Fsp3) is 0.872. The highest BCUT2D eigenvalue weighted by molar-refractivity contribution is 5.76. The molecule has 0 fully saturated rings. The number of nitrogens with one attached hydrogen (secondary N) is 1. The summed E-state index contributed by atoms with van der Waals surface area (Å²) < 4.78 is 0. The number of hydrogen-bond acceptors (Lipinski definition) is 3. The summed E-state index contributed by atoms with van der Waals surface area (Å²) in [5.74, 6) is -0.109. The summed E-state index contributed by atoms with van der Waals surface area (Å²) >= 11 is 0. The highest BCUT2D eigenvalue weighted by Crippen LogP contribution is 2.15. The number of carbonyl (C=O) groups excluding carboxylic acids is 1. The van der Waals surface area contributed by atoms with E-state index in [1.54, 1.807) is 6.08 Å². The molecule has 0 aromatic rings. The van der Waals surface area contributed by atoms with E-state index in [0.29, 0.717) is 6.42 Å². The Morgan fingerprint density at radius 1 is 0.535 bits per heavy atom. The van der Waals surface area contributed by atoms with Crippen LogP contribution in [0.15, 0.2) is 24.3 Å². The van der Waals surface area contributed by atoms with Gasteiger partial charge in [-0.2, -0.15) is 0 Å². The van der Waals surface area contributed by atoms with Crippen LogP contribution in [-0.4, -0.2) is 34.9 Å². The first-order valence-corrected chi connectivity index (χ1v) is 19.1. The van der Waals surface area contributed by atoms with E-state index in [0.717, 1.165) is 32.1 Å². The second kappa shape index (κ2) is 35.4. The van der Waals surface area contributed by atoms with E-state index in [1.807, 2.05) is 13.0 Å². The second-order valence-electron chi connectivity index (χ2n) is 13.0. The predicted molar refractivity (Wildman–Crippen MR) is 189 cm³/mol. The Hall–Kier alpha value is -1.13. The van der Waals surface area contributed by atoms with Gasteiger partial charge in [0.2, 0.25) is 5.91 Å². The molecule has 43 heavy (non-hydrogen) atoms. The van der Waals surface area contributed by atoms with E-state index in [-0.39, 0.29) is 12.5 Å². The van der Waals surface area contributed by atoms with Crippen molar-refractivity contribution in [1.29, 1.82) is 0 Å². The average molecular weight is 606 g/mol. The van der Waals surface area contributed by atoms with Gasteiger partial charge in [-0.1, -0.05) is 186 Å². The number of amides is 1. The Balaban J connectivity index is 3.36. The third-order valence-corrected chi connectivity index (χ3v) is 8.69. The van der Waals surface area contributed by atoms with Gasteiger partial charge in [0.15, 0.2) is 0 Å². The monoisotopic (exact) mass is 606 g/mol. The van der Waals surface area contributed by atoms with Crippen LogP contribution in [0.2, 0.25) is 0 Å². The first-order valence-electron chi connectivity index (χ1n) is 19.1. The summed E-state index contributed by atoms with van der Waals surface area (Å²) in [5.41, 5.74) is 0. The first kappa shape index (κ1) is 41.9. The molecule has 254 valence electrons. The lowest BCUT2D eigenvalue weighted by Crippen LogP contribution is -2.45. The summed E-state index contributed by atoms with van der Waals surface area (Å²) in [6.07, 6.45) is 45.3. The van der Waals surface area contributed by atoms with Crippen LogP contribution in [-0.2, 0) is 4.79 Å². The normalized spacial score (nSPS) is 13.3. The van der Waals surface area contributed by atoms with Crippen molar-refractivity contribution in [1.82, 2.24) is 5.32 Å². The van der Waals surface area contributed by atoms with Gasteiger partial charge in [0.1, 0.15) is 0 Å². The van der Waals surface area contributed by atoms with E-state index < -0.39 is 12.1 Å². The molecule has 1 amide bonds. The molecule has 0 aliphatic rings. The van der Waals surface area contributed by atoms with Gasteiger partial charge in [-0.25, -0.2) is 0 Å². The molecule has 0 bridgehead atoms. The van der Waals surface area contributed by atoms with Crippen LogP contribution < -0.4 is 5.32 Å². The van der Waals surface area contributed by atoms with Crippen LogP contribution >= 0.6 is 0 Å². The van der Waals surface area contributed by atoms with Gasteiger partial charge in [-0.3, -0.25) is 4.79 Å². The molecule has 0 aliphatic carbocycles. The maximum absolute atomic E-state index is 11.8. The molecule has 0 saturated carbocycles. The minimum Gasteiger partial charge on any atom is -0.394 e. The number of aliphatic hydroxyl groups is 2. The minimum atomic E-state index is -0.853. The maximum Gasteiger partial charge on any atom is 0.220 e.